The summed E-state index contributed by atoms with van der Waals surface area (Å²) in [5, 5.41) is 10.0. The Morgan fingerprint density at radius 3 is 1.39 bits per heavy atom. The molecule has 8 aromatic rings. The minimum absolute atomic E-state index is 1.08. The van der Waals surface area contributed by atoms with E-state index in [0.29, 0.717) is 0 Å². The second-order valence-electron chi connectivity index (χ2n) is 10.7. The van der Waals surface area contributed by atoms with Gasteiger partial charge in [-0.15, -0.1) is 0 Å². The highest BCUT2D eigenvalue weighted by atomic mass is 79.9. The van der Waals surface area contributed by atoms with Crippen LogP contribution in [0.1, 0.15) is 0 Å². The van der Waals surface area contributed by atoms with E-state index in [1.54, 1.807) is 0 Å². The van der Waals surface area contributed by atoms with Crippen LogP contribution in [-0.4, -0.2) is 0 Å². The smallest absolute Gasteiger partial charge is 0.0181 e. The molecule has 0 amide bonds. The van der Waals surface area contributed by atoms with Gasteiger partial charge >= 0.3 is 0 Å². The predicted molar refractivity (Wildman–Crippen MR) is 180 cm³/mol. The lowest BCUT2D eigenvalue weighted by Crippen LogP contribution is -1.92. The third kappa shape index (κ3) is 4.13. The first-order valence-electron chi connectivity index (χ1n) is 14.0. The van der Waals surface area contributed by atoms with E-state index in [0.717, 1.165) is 4.47 Å². The van der Waals surface area contributed by atoms with Gasteiger partial charge < -0.3 is 0 Å². The molecule has 0 aromatic heterocycles. The number of fused-ring (bicyclic) bond motifs is 4. The van der Waals surface area contributed by atoms with E-state index in [9.17, 15) is 0 Å². The molecule has 192 valence electrons. The molecule has 0 heterocycles. The average molecular weight is 586 g/mol. The van der Waals surface area contributed by atoms with Gasteiger partial charge in [0, 0.05) is 4.47 Å². The van der Waals surface area contributed by atoms with E-state index in [4.69, 9.17) is 0 Å². The standard InChI is InChI=1S/C40H25Br/c41-34-19-21-36-38(25-34)40(33-17-15-28-11-5-7-13-30(28)23-33)35-20-18-31(26-8-2-1-3-9-26)24-37(35)39(36)32-16-14-27-10-4-6-12-29(27)22-32/h1-25H. The fourth-order valence-electron chi connectivity index (χ4n) is 6.32. The van der Waals surface area contributed by atoms with Crippen molar-refractivity contribution in [1.29, 1.82) is 0 Å². The summed E-state index contributed by atoms with van der Waals surface area (Å²) in [6.45, 7) is 0. The monoisotopic (exact) mass is 584 g/mol. The van der Waals surface area contributed by atoms with E-state index in [1.165, 1.54) is 76.5 Å². The van der Waals surface area contributed by atoms with Gasteiger partial charge in [-0.3, -0.25) is 0 Å². The van der Waals surface area contributed by atoms with Crippen molar-refractivity contribution in [1.82, 2.24) is 0 Å². The molecular formula is C40H25Br. The van der Waals surface area contributed by atoms with Crippen LogP contribution >= 0.6 is 15.9 Å². The van der Waals surface area contributed by atoms with Crippen LogP contribution in [0.3, 0.4) is 0 Å². The van der Waals surface area contributed by atoms with Gasteiger partial charge in [-0.25, -0.2) is 0 Å². The van der Waals surface area contributed by atoms with Crippen molar-refractivity contribution in [3.63, 3.8) is 0 Å². The molecule has 0 nitrogen and oxygen atoms in total. The maximum Gasteiger partial charge on any atom is 0.0181 e. The first-order chi connectivity index (χ1) is 20.2. The molecule has 0 saturated heterocycles. The number of halogens is 1. The lowest BCUT2D eigenvalue weighted by Gasteiger charge is -2.19. The number of rotatable bonds is 3. The Hall–Kier alpha value is -4.72. The zero-order valence-electron chi connectivity index (χ0n) is 22.3. The minimum atomic E-state index is 1.08. The SMILES string of the molecule is Brc1ccc2c(-c3ccc4ccccc4c3)c3cc(-c4ccccc4)ccc3c(-c3ccc4ccccc4c3)c2c1. The average Bonchev–Trinajstić information content (AvgIpc) is 3.03. The van der Waals surface area contributed by atoms with Crippen LogP contribution in [0.15, 0.2) is 156 Å². The van der Waals surface area contributed by atoms with Crippen molar-refractivity contribution >= 4 is 59.0 Å². The van der Waals surface area contributed by atoms with E-state index in [-0.39, 0.29) is 0 Å². The Kier molecular flexibility index (Phi) is 5.72. The molecule has 0 bridgehead atoms. The van der Waals surface area contributed by atoms with Gasteiger partial charge in [-0.05, 0) is 107 Å². The lowest BCUT2D eigenvalue weighted by atomic mass is 9.84. The van der Waals surface area contributed by atoms with Crippen LogP contribution < -0.4 is 0 Å². The summed E-state index contributed by atoms with van der Waals surface area (Å²) in [6.07, 6.45) is 0. The molecule has 0 aliphatic carbocycles. The number of benzene rings is 8. The maximum absolute atomic E-state index is 3.80. The van der Waals surface area contributed by atoms with Gasteiger partial charge in [-0.1, -0.05) is 137 Å². The third-order valence-electron chi connectivity index (χ3n) is 8.26. The first kappa shape index (κ1) is 24.1. The van der Waals surface area contributed by atoms with Gasteiger partial charge in [0.25, 0.3) is 0 Å². The quantitative estimate of drug-likeness (QED) is 0.181. The summed E-state index contributed by atoms with van der Waals surface area (Å²) < 4.78 is 1.08. The summed E-state index contributed by atoms with van der Waals surface area (Å²) >= 11 is 3.80. The Balaban J connectivity index is 1.53. The highest BCUT2D eigenvalue weighted by Gasteiger charge is 2.18. The van der Waals surface area contributed by atoms with Crippen LogP contribution in [0, 0.1) is 0 Å². The molecule has 0 unspecified atom stereocenters. The molecule has 0 fully saturated rings. The Labute approximate surface area is 247 Å². The van der Waals surface area contributed by atoms with E-state index in [1.807, 2.05) is 0 Å². The topological polar surface area (TPSA) is 0 Å². The number of hydrogen-bond donors (Lipinski definition) is 0. The fraction of sp³-hybridized carbons (Fsp3) is 0. The van der Waals surface area contributed by atoms with Gasteiger partial charge in [0.05, 0.1) is 0 Å². The second-order valence-corrected chi connectivity index (χ2v) is 11.6. The molecular weight excluding hydrogens is 560 g/mol. The minimum Gasteiger partial charge on any atom is -0.0622 e. The van der Waals surface area contributed by atoms with Crippen LogP contribution in [0.2, 0.25) is 0 Å². The Morgan fingerprint density at radius 1 is 0.293 bits per heavy atom. The molecule has 0 N–H and O–H groups in total. The molecule has 0 aliphatic heterocycles. The molecule has 1 heteroatoms. The predicted octanol–water partition coefficient (Wildman–Crippen LogP) is 12.1. The van der Waals surface area contributed by atoms with Gasteiger partial charge in [-0.2, -0.15) is 0 Å². The molecule has 0 aliphatic rings. The van der Waals surface area contributed by atoms with Crippen LogP contribution in [0.4, 0.5) is 0 Å². The molecule has 0 atom stereocenters. The van der Waals surface area contributed by atoms with E-state index >= 15 is 0 Å². The molecule has 41 heavy (non-hydrogen) atoms. The van der Waals surface area contributed by atoms with Crippen molar-refractivity contribution in [2.24, 2.45) is 0 Å². The second kappa shape index (κ2) is 9.73. The summed E-state index contributed by atoms with van der Waals surface area (Å²) in [6, 6.07) is 55.4. The third-order valence-corrected chi connectivity index (χ3v) is 8.76. The Bertz CT molecular complexity index is 2260. The molecule has 0 saturated carbocycles. The highest BCUT2D eigenvalue weighted by Crippen LogP contribution is 2.46. The molecule has 0 radical (unpaired) electrons. The van der Waals surface area contributed by atoms with Crippen molar-refractivity contribution in [2.75, 3.05) is 0 Å². The molecule has 8 rings (SSSR count). The van der Waals surface area contributed by atoms with Crippen LogP contribution in [-0.2, 0) is 0 Å². The number of hydrogen-bond acceptors (Lipinski definition) is 0. The van der Waals surface area contributed by atoms with Crippen molar-refractivity contribution < 1.29 is 0 Å². The normalized spacial score (nSPS) is 11.5. The van der Waals surface area contributed by atoms with Gasteiger partial charge in [0.2, 0.25) is 0 Å². The first-order valence-corrected chi connectivity index (χ1v) is 14.7. The molecule has 8 aromatic carbocycles. The Morgan fingerprint density at radius 2 is 0.780 bits per heavy atom. The van der Waals surface area contributed by atoms with E-state index in [2.05, 4.69) is 168 Å². The van der Waals surface area contributed by atoms with Crippen LogP contribution in [0.25, 0.3) is 76.5 Å². The van der Waals surface area contributed by atoms with E-state index < -0.39 is 0 Å². The fourth-order valence-corrected chi connectivity index (χ4v) is 6.68. The zero-order chi connectivity index (χ0) is 27.3. The summed E-state index contributed by atoms with van der Waals surface area (Å²) in [7, 11) is 0. The van der Waals surface area contributed by atoms with Crippen molar-refractivity contribution in [2.45, 2.75) is 0 Å². The molecule has 0 spiro atoms. The van der Waals surface area contributed by atoms with Crippen molar-refractivity contribution in [3.05, 3.63) is 156 Å². The highest BCUT2D eigenvalue weighted by molar-refractivity contribution is 9.10. The van der Waals surface area contributed by atoms with Gasteiger partial charge in [0.15, 0.2) is 0 Å². The largest absolute Gasteiger partial charge is 0.0622 e. The summed E-state index contributed by atoms with van der Waals surface area (Å²) in [5.74, 6) is 0. The lowest BCUT2D eigenvalue weighted by molar-refractivity contribution is 1.63. The maximum atomic E-state index is 3.80. The zero-order valence-corrected chi connectivity index (χ0v) is 23.9. The summed E-state index contributed by atoms with van der Waals surface area (Å²) in [4.78, 5) is 0. The van der Waals surface area contributed by atoms with Crippen molar-refractivity contribution in [3.8, 4) is 33.4 Å². The summed E-state index contributed by atoms with van der Waals surface area (Å²) in [5.41, 5.74) is 7.45. The van der Waals surface area contributed by atoms with Gasteiger partial charge in [0.1, 0.15) is 0 Å². The van der Waals surface area contributed by atoms with Crippen LogP contribution in [0.5, 0.6) is 0 Å².